The van der Waals surface area contributed by atoms with Gasteiger partial charge in [0.1, 0.15) is 0 Å². The van der Waals surface area contributed by atoms with Gasteiger partial charge in [-0.15, -0.1) is 0 Å². The SMILES string of the molecule is CCCCCCCCOC(=O)c1ccccc1C(=O)OCCCCCCCC.[Na].[Na].c1ccsc1. The van der Waals surface area contributed by atoms with Gasteiger partial charge in [0.25, 0.3) is 0 Å². The Morgan fingerprint density at radius 3 is 1.31 bits per heavy atom. The first-order valence-corrected chi connectivity index (χ1v) is 13.5. The van der Waals surface area contributed by atoms with Crippen molar-refractivity contribution < 1.29 is 19.1 Å². The van der Waals surface area contributed by atoms with Crippen molar-refractivity contribution in [2.75, 3.05) is 13.2 Å². The largest absolute Gasteiger partial charge is 0.462 e. The van der Waals surface area contributed by atoms with Crippen LogP contribution in [0.1, 0.15) is 112 Å². The molecule has 1 heterocycles. The van der Waals surface area contributed by atoms with E-state index in [1.165, 1.54) is 51.4 Å². The van der Waals surface area contributed by atoms with Crippen molar-refractivity contribution in [3.8, 4) is 0 Å². The zero-order chi connectivity index (χ0) is 24.0. The van der Waals surface area contributed by atoms with Gasteiger partial charge >= 0.3 is 11.9 Å². The summed E-state index contributed by atoms with van der Waals surface area (Å²) in [6, 6.07) is 10.8. The molecule has 0 aliphatic heterocycles. The minimum absolute atomic E-state index is 0. The van der Waals surface area contributed by atoms with Gasteiger partial charge in [-0.2, -0.15) is 11.3 Å². The van der Waals surface area contributed by atoms with Gasteiger partial charge in [0.15, 0.2) is 0 Å². The molecule has 4 nitrogen and oxygen atoms in total. The third kappa shape index (κ3) is 19.6. The number of rotatable bonds is 16. The average molecular weight is 521 g/mol. The molecule has 186 valence electrons. The molecule has 1 aromatic heterocycles. The van der Waals surface area contributed by atoms with Crippen molar-refractivity contribution in [3.63, 3.8) is 0 Å². The zero-order valence-corrected chi connectivity index (χ0v) is 27.4. The third-order valence-electron chi connectivity index (χ3n) is 5.25. The first-order chi connectivity index (χ1) is 16.2. The third-order valence-corrected chi connectivity index (χ3v) is 5.88. The van der Waals surface area contributed by atoms with Gasteiger partial charge in [0, 0.05) is 59.1 Å². The molecular weight excluding hydrogens is 478 g/mol. The van der Waals surface area contributed by atoms with Gasteiger partial charge in [-0.25, -0.2) is 9.59 Å². The minimum atomic E-state index is -0.444. The zero-order valence-electron chi connectivity index (χ0n) is 22.6. The molecular formula is C28H42Na2O4S. The predicted octanol–water partition coefficient (Wildman–Crippen LogP) is 7.71. The van der Waals surface area contributed by atoms with Crippen LogP contribution in [-0.2, 0) is 9.47 Å². The van der Waals surface area contributed by atoms with Crippen molar-refractivity contribution in [1.82, 2.24) is 0 Å². The van der Waals surface area contributed by atoms with Crippen molar-refractivity contribution in [2.24, 2.45) is 0 Å². The number of esters is 2. The van der Waals surface area contributed by atoms with E-state index in [4.69, 9.17) is 9.47 Å². The Kier molecular flexibility index (Phi) is 28.5. The van der Waals surface area contributed by atoms with E-state index < -0.39 is 11.9 Å². The Hall–Kier alpha value is -0.140. The van der Waals surface area contributed by atoms with E-state index in [2.05, 4.69) is 13.8 Å². The van der Waals surface area contributed by atoms with Crippen LogP contribution in [0.15, 0.2) is 47.2 Å². The van der Waals surface area contributed by atoms with E-state index in [0.717, 1.165) is 25.7 Å². The maximum Gasteiger partial charge on any atom is 0.339 e. The summed E-state index contributed by atoms with van der Waals surface area (Å²) in [6.45, 7) is 5.17. The Morgan fingerprint density at radius 1 is 0.600 bits per heavy atom. The van der Waals surface area contributed by atoms with Crippen molar-refractivity contribution in [3.05, 3.63) is 58.3 Å². The molecule has 0 saturated carbocycles. The molecule has 0 aliphatic carbocycles. The molecule has 0 atom stereocenters. The van der Waals surface area contributed by atoms with Crippen molar-refractivity contribution in [1.29, 1.82) is 0 Å². The Labute approximate surface area is 261 Å². The molecule has 0 amide bonds. The van der Waals surface area contributed by atoms with E-state index in [-0.39, 0.29) is 59.1 Å². The minimum Gasteiger partial charge on any atom is -0.462 e. The summed E-state index contributed by atoms with van der Waals surface area (Å²) in [6.07, 6.45) is 13.6. The molecule has 2 rings (SSSR count). The number of carbonyl (C=O) groups excluding carboxylic acids is 2. The molecule has 0 spiro atoms. The van der Waals surface area contributed by atoms with Crippen LogP contribution in [0.5, 0.6) is 0 Å². The number of thiophene rings is 1. The van der Waals surface area contributed by atoms with Gasteiger partial charge in [0.2, 0.25) is 0 Å². The second-order valence-corrected chi connectivity index (χ2v) is 8.96. The van der Waals surface area contributed by atoms with Crippen LogP contribution in [0.3, 0.4) is 0 Å². The van der Waals surface area contributed by atoms with Crippen LogP contribution >= 0.6 is 11.3 Å². The van der Waals surface area contributed by atoms with E-state index in [1.807, 2.05) is 22.9 Å². The molecule has 0 bridgehead atoms. The van der Waals surface area contributed by atoms with Crippen LogP contribution in [0.4, 0.5) is 0 Å². The number of hydrogen-bond donors (Lipinski definition) is 0. The quantitative estimate of drug-likeness (QED) is 0.129. The average Bonchev–Trinajstić information content (AvgIpc) is 3.43. The second kappa shape index (κ2) is 26.9. The second-order valence-electron chi connectivity index (χ2n) is 8.15. The topological polar surface area (TPSA) is 52.6 Å². The molecule has 0 saturated heterocycles. The summed E-state index contributed by atoms with van der Waals surface area (Å²) in [5, 5.41) is 4.08. The van der Waals surface area contributed by atoms with Crippen LogP contribution in [0.25, 0.3) is 0 Å². The van der Waals surface area contributed by atoms with E-state index in [9.17, 15) is 9.59 Å². The first-order valence-electron chi connectivity index (χ1n) is 12.6. The first kappa shape index (κ1) is 37.0. The molecule has 2 radical (unpaired) electrons. The molecule has 7 heteroatoms. The van der Waals surface area contributed by atoms with Crippen molar-refractivity contribution >= 4 is 82.4 Å². The fourth-order valence-corrected chi connectivity index (χ4v) is 3.77. The van der Waals surface area contributed by atoms with Crippen LogP contribution in [-0.4, -0.2) is 84.3 Å². The maximum atomic E-state index is 12.4. The molecule has 0 fully saturated rings. The molecule has 35 heavy (non-hydrogen) atoms. The van der Waals surface area contributed by atoms with Gasteiger partial charge in [-0.1, -0.05) is 102 Å². The summed E-state index contributed by atoms with van der Waals surface area (Å²) in [5.41, 5.74) is 0.586. The van der Waals surface area contributed by atoms with Gasteiger partial charge < -0.3 is 9.47 Å². The summed E-state index contributed by atoms with van der Waals surface area (Å²) in [5.74, 6) is -0.888. The van der Waals surface area contributed by atoms with E-state index >= 15 is 0 Å². The van der Waals surface area contributed by atoms with Crippen LogP contribution in [0, 0.1) is 0 Å². The summed E-state index contributed by atoms with van der Waals surface area (Å²) < 4.78 is 10.7. The Bertz CT molecular complexity index is 672. The number of unbranched alkanes of at least 4 members (excludes halogenated alkanes) is 10. The molecule has 0 unspecified atom stereocenters. The monoisotopic (exact) mass is 520 g/mol. The smallest absolute Gasteiger partial charge is 0.339 e. The molecule has 0 aliphatic rings. The standard InChI is InChI=1S/C24H38O4.C4H4S.2Na/c1-3-5-7-9-11-15-19-27-23(25)21-17-13-14-18-22(21)24(26)28-20-16-12-10-8-6-4-2;1-2-4-5-3-1;;/h13-14,17-18H,3-12,15-16,19-20H2,1-2H3;1-4H;;. The maximum absolute atomic E-state index is 12.4. The van der Waals surface area contributed by atoms with Gasteiger partial charge in [-0.3, -0.25) is 0 Å². The molecule has 1 aromatic carbocycles. The Morgan fingerprint density at radius 2 is 0.971 bits per heavy atom. The summed E-state index contributed by atoms with van der Waals surface area (Å²) in [7, 11) is 0. The van der Waals surface area contributed by atoms with Gasteiger partial charge in [-0.05, 0) is 35.7 Å². The molecule has 0 N–H and O–H groups in total. The van der Waals surface area contributed by atoms with Crippen molar-refractivity contribution in [2.45, 2.75) is 90.9 Å². The van der Waals surface area contributed by atoms with E-state index in [0.29, 0.717) is 24.3 Å². The van der Waals surface area contributed by atoms with E-state index in [1.54, 1.807) is 35.6 Å². The fourth-order valence-electron chi connectivity index (χ4n) is 3.32. The number of hydrogen-bond acceptors (Lipinski definition) is 5. The fraction of sp³-hybridized carbons (Fsp3) is 0.571. The predicted molar refractivity (Wildman–Crippen MR) is 150 cm³/mol. The summed E-state index contributed by atoms with van der Waals surface area (Å²) >= 11 is 1.71. The number of carbonyl (C=O) groups is 2. The number of benzene rings is 1. The van der Waals surface area contributed by atoms with Gasteiger partial charge in [0.05, 0.1) is 24.3 Å². The normalized spacial score (nSPS) is 9.66. The van der Waals surface area contributed by atoms with Crippen LogP contribution in [0.2, 0.25) is 0 Å². The number of ether oxygens (including phenoxy) is 2. The summed E-state index contributed by atoms with van der Waals surface area (Å²) in [4.78, 5) is 24.7. The Balaban J connectivity index is 0. The van der Waals surface area contributed by atoms with Crippen LogP contribution < -0.4 is 0 Å². The molecule has 2 aromatic rings.